The number of rotatable bonds is 4. The summed E-state index contributed by atoms with van der Waals surface area (Å²) in [6.45, 7) is 2.10. The highest BCUT2D eigenvalue weighted by Gasteiger charge is 2.51. The van der Waals surface area contributed by atoms with Gasteiger partial charge in [-0.15, -0.1) is 11.8 Å². The Balaban J connectivity index is 1.19. The van der Waals surface area contributed by atoms with Crippen LogP contribution in [-0.4, -0.2) is 54.9 Å². The van der Waals surface area contributed by atoms with Gasteiger partial charge in [0.25, 0.3) is 5.91 Å². The number of thioether (sulfide) groups is 1. The van der Waals surface area contributed by atoms with Crippen molar-refractivity contribution < 1.29 is 9.53 Å². The van der Waals surface area contributed by atoms with E-state index in [4.69, 9.17) is 4.74 Å². The molecule has 138 valence electrons. The van der Waals surface area contributed by atoms with Gasteiger partial charge in [-0.2, -0.15) is 0 Å². The van der Waals surface area contributed by atoms with Gasteiger partial charge in [0.2, 0.25) is 0 Å². The minimum Gasteiger partial charge on any atom is -0.371 e. The monoisotopic (exact) mass is 380 g/mol. The van der Waals surface area contributed by atoms with Gasteiger partial charge in [0, 0.05) is 31.2 Å². The Labute approximate surface area is 161 Å². The first-order valence-corrected chi connectivity index (χ1v) is 10.1. The largest absolute Gasteiger partial charge is 0.371 e. The number of amides is 1. The lowest BCUT2D eigenvalue weighted by atomic mass is 9.92. The maximum Gasteiger partial charge on any atom is 0.272 e. The molecule has 5 rings (SSSR count). The summed E-state index contributed by atoms with van der Waals surface area (Å²) in [5, 5.41) is 0. The molecule has 0 saturated carbocycles. The number of hydrogen-bond donors (Lipinski definition) is 0. The lowest BCUT2D eigenvalue weighted by Crippen LogP contribution is -2.60. The highest BCUT2D eigenvalue weighted by atomic mass is 32.2. The number of carbonyl (C=O) groups is 1. The fraction of sp³-hybridized carbons (Fsp3) is 0.350. The lowest BCUT2D eigenvalue weighted by Gasteiger charge is -2.47. The van der Waals surface area contributed by atoms with E-state index in [-0.39, 0.29) is 16.8 Å². The molecule has 2 aliphatic rings. The average Bonchev–Trinajstić information content (AvgIpc) is 3.30. The van der Waals surface area contributed by atoms with E-state index in [1.54, 1.807) is 12.4 Å². The second-order valence-corrected chi connectivity index (χ2v) is 8.67. The third-order valence-corrected chi connectivity index (χ3v) is 6.83. The number of fused-ring (bicyclic) bond motifs is 1. The smallest absolute Gasteiger partial charge is 0.272 e. The summed E-state index contributed by atoms with van der Waals surface area (Å²) in [6.07, 6.45) is 6.56. The van der Waals surface area contributed by atoms with Crippen LogP contribution in [0.5, 0.6) is 0 Å². The van der Waals surface area contributed by atoms with Gasteiger partial charge in [0.05, 0.1) is 29.3 Å². The Hall–Kier alpha value is -2.38. The van der Waals surface area contributed by atoms with E-state index in [1.807, 2.05) is 63.7 Å². The second kappa shape index (κ2) is 6.65. The number of ether oxygens (including phenoxy) is 1. The van der Waals surface area contributed by atoms with Crippen molar-refractivity contribution in [2.24, 2.45) is 0 Å². The van der Waals surface area contributed by atoms with Crippen molar-refractivity contribution in [3.8, 4) is 0 Å². The topological polar surface area (TPSA) is 59.7 Å². The molecule has 3 aromatic heterocycles. The molecule has 1 amide bonds. The van der Waals surface area contributed by atoms with Gasteiger partial charge in [-0.1, -0.05) is 12.1 Å². The summed E-state index contributed by atoms with van der Waals surface area (Å²) in [5.74, 6) is 1.03. The van der Waals surface area contributed by atoms with Crippen LogP contribution in [0.3, 0.4) is 0 Å². The zero-order chi connectivity index (χ0) is 18.3. The predicted molar refractivity (Wildman–Crippen MR) is 104 cm³/mol. The number of carbonyl (C=O) groups excluding carboxylic acids is 1. The van der Waals surface area contributed by atoms with Crippen molar-refractivity contribution in [1.82, 2.24) is 19.3 Å². The van der Waals surface area contributed by atoms with Crippen LogP contribution in [0.25, 0.3) is 5.65 Å². The summed E-state index contributed by atoms with van der Waals surface area (Å²) in [7, 11) is 0. The van der Waals surface area contributed by atoms with Crippen LogP contribution in [0.1, 0.15) is 22.6 Å². The molecule has 0 aromatic carbocycles. The fourth-order valence-corrected chi connectivity index (χ4v) is 5.41. The van der Waals surface area contributed by atoms with Crippen molar-refractivity contribution in [3.05, 3.63) is 66.4 Å². The first-order chi connectivity index (χ1) is 13.2. The Bertz CT molecular complexity index is 968. The van der Waals surface area contributed by atoms with Crippen LogP contribution in [0.2, 0.25) is 0 Å². The standard InChI is InChI=1S/C20H20N4O2S/c25-19(17-10-22-18-6-2-4-8-24(17)18)23-13-20(14-23)9-16(12-27-20)26-11-15-5-1-3-7-21-15/h1-8,10,16H,9,11-14H2. The highest BCUT2D eigenvalue weighted by Crippen LogP contribution is 2.46. The van der Waals surface area contributed by atoms with Gasteiger partial charge in [-0.3, -0.25) is 14.2 Å². The van der Waals surface area contributed by atoms with Gasteiger partial charge < -0.3 is 9.64 Å². The van der Waals surface area contributed by atoms with Gasteiger partial charge in [0.15, 0.2) is 0 Å². The SMILES string of the molecule is O=C(c1cnc2ccccn12)N1CC2(CC(OCc3ccccn3)CS2)C1. The van der Waals surface area contributed by atoms with E-state index in [0.29, 0.717) is 12.3 Å². The molecule has 27 heavy (non-hydrogen) atoms. The average molecular weight is 380 g/mol. The zero-order valence-corrected chi connectivity index (χ0v) is 15.6. The maximum absolute atomic E-state index is 12.9. The molecule has 2 aliphatic heterocycles. The van der Waals surface area contributed by atoms with Gasteiger partial charge in [0.1, 0.15) is 11.3 Å². The Morgan fingerprint density at radius 2 is 2.11 bits per heavy atom. The molecule has 1 spiro atoms. The number of nitrogens with zero attached hydrogens (tertiary/aromatic N) is 4. The summed E-state index contributed by atoms with van der Waals surface area (Å²) in [4.78, 5) is 23.4. The van der Waals surface area contributed by atoms with Crippen LogP contribution < -0.4 is 0 Å². The molecule has 5 heterocycles. The number of aromatic nitrogens is 3. The molecule has 0 radical (unpaired) electrons. The van der Waals surface area contributed by atoms with Crippen LogP contribution >= 0.6 is 11.8 Å². The Kier molecular flexibility index (Phi) is 4.13. The summed E-state index contributed by atoms with van der Waals surface area (Å²) in [5.41, 5.74) is 2.39. The number of hydrogen-bond acceptors (Lipinski definition) is 5. The number of pyridine rings is 2. The molecule has 0 aliphatic carbocycles. The predicted octanol–water partition coefficient (Wildman–Crippen LogP) is 2.65. The molecule has 2 saturated heterocycles. The van der Waals surface area contributed by atoms with Gasteiger partial charge >= 0.3 is 0 Å². The molecule has 2 fully saturated rings. The molecule has 3 aromatic rings. The molecule has 1 unspecified atom stereocenters. The second-order valence-electron chi connectivity index (χ2n) is 7.19. The summed E-state index contributed by atoms with van der Waals surface area (Å²) >= 11 is 1.94. The quantitative estimate of drug-likeness (QED) is 0.696. The maximum atomic E-state index is 12.9. The zero-order valence-electron chi connectivity index (χ0n) is 14.8. The van der Waals surface area contributed by atoms with E-state index in [2.05, 4.69) is 9.97 Å². The van der Waals surface area contributed by atoms with E-state index < -0.39 is 0 Å². The molecule has 7 heteroatoms. The third-order valence-electron chi connectivity index (χ3n) is 5.25. The van der Waals surface area contributed by atoms with Crippen molar-refractivity contribution >= 4 is 23.3 Å². The van der Waals surface area contributed by atoms with Crippen LogP contribution in [0.4, 0.5) is 0 Å². The van der Waals surface area contributed by atoms with Crippen LogP contribution in [0.15, 0.2) is 55.0 Å². The van der Waals surface area contributed by atoms with Crippen molar-refractivity contribution in [1.29, 1.82) is 0 Å². The first kappa shape index (κ1) is 16.8. The van der Waals surface area contributed by atoms with E-state index in [1.165, 1.54) is 0 Å². The molecule has 0 bridgehead atoms. The molecule has 1 atom stereocenters. The van der Waals surface area contributed by atoms with Crippen molar-refractivity contribution in [2.45, 2.75) is 23.9 Å². The summed E-state index contributed by atoms with van der Waals surface area (Å²) in [6, 6.07) is 11.6. The van der Waals surface area contributed by atoms with Crippen molar-refractivity contribution in [2.75, 3.05) is 18.8 Å². The van der Waals surface area contributed by atoms with E-state index >= 15 is 0 Å². The van der Waals surface area contributed by atoms with E-state index in [9.17, 15) is 4.79 Å². The van der Waals surface area contributed by atoms with Gasteiger partial charge in [-0.25, -0.2) is 4.98 Å². The molecular formula is C20H20N4O2S. The normalized spacial score (nSPS) is 20.9. The number of imidazole rings is 1. The van der Waals surface area contributed by atoms with Crippen molar-refractivity contribution in [3.63, 3.8) is 0 Å². The van der Waals surface area contributed by atoms with Crippen LogP contribution in [0, 0.1) is 0 Å². The molecule has 6 nitrogen and oxygen atoms in total. The van der Waals surface area contributed by atoms with E-state index in [0.717, 1.165) is 36.6 Å². The minimum atomic E-state index is 0.0535. The van der Waals surface area contributed by atoms with Crippen LogP contribution in [-0.2, 0) is 11.3 Å². The number of likely N-dealkylation sites (tertiary alicyclic amines) is 1. The minimum absolute atomic E-state index is 0.0535. The Morgan fingerprint density at radius 1 is 1.22 bits per heavy atom. The lowest BCUT2D eigenvalue weighted by molar-refractivity contribution is 0.0242. The fourth-order valence-electron chi connectivity index (χ4n) is 3.86. The third kappa shape index (κ3) is 3.11. The molecular weight excluding hydrogens is 360 g/mol. The summed E-state index contributed by atoms with van der Waals surface area (Å²) < 4.78 is 8.04. The Morgan fingerprint density at radius 3 is 2.96 bits per heavy atom. The first-order valence-electron chi connectivity index (χ1n) is 9.09. The van der Waals surface area contributed by atoms with Gasteiger partial charge in [-0.05, 0) is 30.7 Å². The molecule has 0 N–H and O–H groups in total. The highest BCUT2D eigenvalue weighted by molar-refractivity contribution is 8.01.